The zero-order valence-electron chi connectivity index (χ0n) is 12.7. The van der Waals surface area contributed by atoms with E-state index >= 15 is 0 Å². The van der Waals surface area contributed by atoms with Gasteiger partial charge in [-0.15, -0.1) is 0 Å². The lowest BCUT2D eigenvalue weighted by Gasteiger charge is -2.15. The van der Waals surface area contributed by atoms with Crippen LogP contribution in [0, 0.1) is 5.82 Å². The molecule has 0 spiro atoms. The molecule has 2 rings (SSSR count). The van der Waals surface area contributed by atoms with Gasteiger partial charge in [0.05, 0.1) is 12.7 Å². The Morgan fingerprint density at radius 2 is 1.87 bits per heavy atom. The van der Waals surface area contributed by atoms with E-state index in [0.717, 1.165) is 0 Å². The number of amides is 1. The Bertz CT molecular complexity index is 717. The highest BCUT2D eigenvalue weighted by Gasteiger charge is 2.16. The van der Waals surface area contributed by atoms with Crippen molar-refractivity contribution in [1.82, 2.24) is 0 Å². The number of ether oxygens (including phenoxy) is 2. The fourth-order valence-corrected chi connectivity index (χ4v) is 1.88. The number of anilines is 1. The van der Waals surface area contributed by atoms with E-state index in [0.29, 0.717) is 17.0 Å². The molecule has 5 nitrogen and oxygen atoms in total. The van der Waals surface area contributed by atoms with Crippen LogP contribution in [0.15, 0.2) is 48.5 Å². The molecular weight excluding hydrogens is 301 g/mol. The maximum absolute atomic E-state index is 13.1. The van der Waals surface area contributed by atoms with Crippen molar-refractivity contribution in [2.45, 2.75) is 13.0 Å². The molecule has 0 aliphatic heterocycles. The first-order valence-electron chi connectivity index (χ1n) is 6.91. The van der Waals surface area contributed by atoms with Gasteiger partial charge in [0.25, 0.3) is 5.91 Å². The van der Waals surface area contributed by atoms with Crippen molar-refractivity contribution in [2.75, 3.05) is 12.4 Å². The van der Waals surface area contributed by atoms with Crippen LogP contribution in [0.3, 0.4) is 0 Å². The highest BCUT2D eigenvalue weighted by molar-refractivity contribution is 5.94. The predicted molar refractivity (Wildman–Crippen MR) is 82.9 cm³/mol. The van der Waals surface area contributed by atoms with Gasteiger partial charge in [0.2, 0.25) is 0 Å². The zero-order valence-corrected chi connectivity index (χ0v) is 12.7. The lowest BCUT2D eigenvalue weighted by molar-refractivity contribution is -0.122. The van der Waals surface area contributed by atoms with Crippen LogP contribution >= 0.6 is 0 Å². The first-order chi connectivity index (χ1) is 11.0. The molecule has 0 bridgehead atoms. The van der Waals surface area contributed by atoms with Gasteiger partial charge in [0.1, 0.15) is 11.6 Å². The molecule has 0 unspecified atom stereocenters. The fraction of sp³-hybridized carbons (Fsp3) is 0.176. The first kappa shape index (κ1) is 16.5. The molecule has 6 heteroatoms. The van der Waals surface area contributed by atoms with Crippen LogP contribution in [0.2, 0.25) is 0 Å². The molecule has 0 aromatic heterocycles. The van der Waals surface area contributed by atoms with Crippen molar-refractivity contribution < 1.29 is 23.5 Å². The molecule has 1 N–H and O–H groups in total. The predicted octanol–water partition coefficient (Wildman–Crippen LogP) is 3.02. The highest BCUT2D eigenvalue weighted by Crippen LogP contribution is 2.17. The molecule has 0 saturated carbocycles. The molecule has 1 amide bonds. The number of carbonyl (C=O) groups is 2. The minimum absolute atomic E-state index is 0.322. The third-order valence-corrected chi connectivity index (χ3v) is 3.03. The number of methoxy groups -OCH3 is 1. The summed E-state index contributed by atoms with van der Waals surface area (Å²) in [5.74, 6) is -1.01. The number of hydrogen-bond donors (Lipinski definition) is 1. The van der Waals surface area contributed by atoms with E-state index < -0.39 is 23.8 Å². The number of halogens is 1. The molecule has 0 fully saturated rings. The summed E-state index contributed by atoms with van der Waals surface area (Å²) in [4.78, 5) is 23.5. The van der Waals surface area contributed by atoms with Gasteiger partial charge in [-0.05, 0) is 43.3 Å². The average molecular weight is 317 g/mol. The van der Waals surface area contributed by atoms with Crippen LogP contribution in [0.1, 0.15) is 17.3 Å². The molecule has 0 heterocycles. The normalized spacial score (nSPS) is 11.4. The number of esters is 1. The number of carbonyl (C=O) groups excluding carboxylic acids is 2. The van der Waals surface area contributed by atoms with Gasteiger partial charge < -0.3 is 14.8 Å². The Hall–Kier alpha value is -2.89. The van der Waals surface area contributed by atoms with Gasteiger partial charge in [-0.2, -0.15) is 0 Å². The third kappa shape index (κ3) is 4.54. The van der Waals surface area contributed by atoms with E-state index in [1.807, 2.05) is 0 Å². The summed E-state index contributed by atoms with van der Waals surface area (Å²) < 4.78 is 23.2. The Labute approximate surface area is 133 Å². The van der Waals surface area contributed by atoms with Gasteiger partial charge in [-0.1, -0.05) is 12.1 Å². The summed E-state index contributed by atoms with van der Waals surface area (Å²) in [6, 6.07) is 11.9. The van der Waals surface area contributed by atoms with Crippen molar-refractivity contribution in [3.63, 3.8) is 0 Å². The SMILES string of the molecule is COC(=O)c1cccc(O[C@H](C)C(=O)Nc2cccc(F)c2)c1. The second-order valence-electron chi connectivity index (χ2n) is 4.78. The number of rotatable bonds is 5. The van der Waals surface area contributed by atoms with Gasteiger partial charge in [0, 0.05) is 5.69 Å². The van der Waals surface area contributed by atoms with Crippen LogP contribution in [-0.2, 0) is 9.53 Å². The number of hydrogen-bond acceptors (Lipinski definition) is 4. The van der Waals surface area contributed by atoms with E-state index in [2.05, 4.69) is 10.1 Å². The summed E-state index contributed by atoms with van der Waals surface area (Å²) in [5.41, 5.74) is 0.663. The Balaban J connectivity index is 2.02. The van der Waals surface area contributed by atoms with Gasteiger partial charge in [-0.3, -0.25) is 4.79 Å². The van der Waals surface area contributed by atoms with E-state index in [9.17, 15) is 14.0 Å². The second kappa shape index (κ2) is 7.40. The van der Waals surface area contributed by atoms with Crippen LogP contribution in [0.25, 0.3) is 0 Å². The van der Waals surface area contributed by atoms with Crippen molar-refractivity contribution in [3.05, 3.63) is 59.9 Å². The zero-order chi connectivity index (χ0) is 16.8. The Morgan fingerprint density at radius 1 is 1.13 bits per heavy atom. The van der Waals surface area contributed by atoms with E-state index in [1.54, 1.807) is 31.2 Å². The largest absolute Gasteiger partial charge is 0.481 e. The highest BCUT2D eigenvalue weighted by atomic mass is 19.1. The van der Waals surface area contributed by atoms with Gasteiger partial charge in [0.15, 0.2) is 6.10 Å². The minimum Gasteiger partial charge on any atom is -0.481 e. The van der Waals surface area contributed by atoms with Crippen molar-refractivity contribution in [1.29, 1.82) is 0 Å². The van der Waals surface area contributed by atoms with Crippen molar-refractivity contribution >= 4 is 17.6 Å². The molecule has 0 saturated heterocycles. The van der Waals surface area contributed by atoms with Gasteiger partial charge >= 0.3 is 5.97 Å². The van der Waals surface area contributed by atoms with E-state index in [4.69, 9.17) is 4.74 Å². The average Bonchev–Trinajstić information content (AvgIpc) is 2.54. The molecule has 0 aliphatic rings. The lowest BCUT2D eigenvalue weighted by Crippen LogP contribution is -2.30. The summed E-state index contributed by atoms with van der Waals surface area (Å²) >= 11 is 0. The van der Waals surface area contributed by atoms with Crippen molar-refractivity contribution in [2.24, 2.45) is 0 Å². The van der Waals surface area contributed by atoms with Crippen LogP contribution in [-0.4, -0.2) is 25.1 Å². The molecule has 23 heavy (non-hydrogen) atoms. The summed E-state index contributed by atoms with van der Waals surface area (Å²) in [5, 5.41) is 2.56. The first-order valence-corrected chi connectivity index (χ1v) is 6.91. The number of benzene rings is 2. The standard InChI is InChI=1S/C17H16FNO4/c1-11(16(20)19-14-7-4-6-13(18)10-14)23-15-8-3-5-12(9-15)17(21)22-2/h3-11H,1-2H3,(H,19,20)/t11-/m1/s1. The monoisotopic (exact) mass is 317 g/mol. The molecular formula is C17H16FNO4. The summed E-state index contributed by atoms with van der Waals surface area (Å²) in [7, 11) is 1.28. The lowest BCUT2D eigenvalue weighted by atomic mass is 10.2. The summed E-state index contributed by atoms with van der Waals surface area (Å²) in [6.45, 7) is 1.56. The molecule has 120 valence electrons. The topological polar surface area (TPSA) is 64.6 Å². The minimum atomic E-state index is -0.828. The molecule has 2 aromatic carbocycles. The maximum atomic E-state index is 13.1. The Morgan fingerprint density at radius 3 is 2.57 bits per heavy atom. The van der Waals surface area contributed by atoms with Crippen LogP contribution in [0.4, 0.5) is 10.1 Å². The maximum Gasteiger partial charge on any atom is 0.337 e. The quantitative estimate of drug-likeness (QED) is 0.861. The number of nitrogens with one attached hydrogen (secondary N) is 1. The van der Waals surface area contributed by atoms with Crippen molar-refractivity contribution in [3.8, 4) is 5.75 Å². The molecule has 1 atom stereocenters. The van der Waals surface area contributed by atoms with Crippen LogP contribution in [0.5, 0.6) is 5.75 Å². The molecule has 2 aromatic rings. The van der Waals surface area contributed by atoms with E-state index in [-0.39, 0.29) is 0 Å². The van der Waals surface area contributed by atoms with Gasteiger partial charge in [-0.25, -0.2) is 9.18 Å². The Kier molecular flexibility index (Phi) is 5.30. The fourth-order valence-electron chi connectivity index (χ4n) is 1.88. The van der Waals surface area contributed by atoms with Crippen LogP contribution < -0.4 is 10.1 Å². The molecule has 0 radical (unpaired) electrons. The van der Waals surface area contributed by atoms with E-state index in [1.165, 1.54) is 31.4 Å². The second-order valence-corrected chi connectivity index (χ2v) is 4.78. The smallest absolute Gasteiger partial charge is 0.337 e. The third-order valence-electron chi connectivity index (χ3n) is 3.03. The summed E-state index contributed by atoms with van der Waals surface area (Å²) in [6.07, 6.45) is -0.828. The molecule has 0 aliphatic carbocycles.